The third-order valence-corrected chi connectivity index (χ3v) is 9.87. The van der Waals surface area contributed by atoms with E-state index in [1.54, 1.807) is 42.5 Å². The van der Waals surface area contributed by atoms with Gasteiger partial charge >= 0.3 is 0 Å². The van der Waals surface area contributed by atoms with Gasteiger partial charge in [0.25, 0.3) is 5.91 Å². The average Bonchev–Trinajstić information content (AvgIpc) is 3.64. The molecule has 3 aromatic rings. The second-order valence-corrected chi connectivity index (χ2v) is 13.1. The molecular weight excluding hydrogens is 595 g/mol. The molecule has 2 unspecified atom stereocenters. The highest BCUT2D eigenvalue weighted by atomic mass is 35.5. The second-order valence-electron chi connectivity index (χ2n) is 10.8. The second kappa shape index (κ2) is 13.1. The summed E-state index contributed by atoms with van der Waals surface area (Å²) < 4.78 is 13.3. The number of amides is 2. The summed E-state index contributed by atoms with van der Waals surface area (Å²) >= 11 is 12.6. The Morgan fingerprint density at radius 2 is 1.86 bits per heavy atom. The van der Waals surface area contributed by atoms with Crippen LogP contribution in [0.2, 0.25) is 10.0 Å². The van der Waals surface area contributed by atoms with Crippen LogP contribution in [0.4, 0.5) is 5.69 Å². The number of hydrogen-bond donors (Lipinski definition) is 4. The van der Waals surface area contributed by atoms with E-state index in [-0.39, 0.29) is 30.5 Å². The van der Waals surface area contributed by atoms with Crippen molar-refractivity contribution < 1.29 is 18.9 Å². The lowest BCUT2D eigenvalue weighted by Crippen LogP contribution is -2.39. The zero-order valence-electron chi connectivity index (χ0n) is 23.6. The van der Waals surface area contributed by atoms with E-state index in [4.69, 9.17) is 23.2 Å². The molecule has 1 saturated heterocycles. The number of carbonyl (C=O) groups is 2. The quantitative estimate of drug-likeness (QED) is 0.240. The molecule has 8 nitrogen and oxygen atoms in total. The predicted molar refractivity (Wildman–Crippen MR) is 168 cm³/mol. The molecule has 1 fully saturated rings. The maximum Gasteiger partial charge on any atom is 0.256 e. The highest BCUT2D eigenvalue weighted by Crippen LogP contribution is 2.36. The number of benzene rings is 2. The van der Waals surface area contributed by atoms with Crippen LogP contribution in [0.5, 0.6) is 0 Å². The third-order valence-electron chi connectivity index (χ3n) is 7.83. The highest BCUT2D eigenvalue weighted by molar-refractivity contribution is 7.84. The van der Waals surface area contributed by atoms with Crippen LogP contribution in [-0.4, -0.2) is 63.3 Å². The summed E-state index contributed by atoms with van der Waals surface area (Å²) in [7, 11) is -1.45. The van der Waals surface area contributed by atoms with E-state index in [9.17, 15) is 18.9 Å². The van der Waals surface area contributed by atoms with Crippen LogP contribution in [0, 0.1) is 13.8 Å². The van der Waals surface area contributed by atoms with Crippen LogP contribution in [0.1, 0.15) is 46.5 Å². The van der Waals surface area contributed by atoms with Crippen molar-refractivity contribution in [2.75, 3.05) is 31.5 Å². The normalized spacial score (nSPS) is 17.4. The van der Waals surface area contributed by atoms with E-state index < -0.39 is 16.9 Å². The van der Waals surface area contributed by atoms with Gasteiger partial charge in [-0.15, -0.1) is 0 Å². The standard InChI is InChI=1S/C31H34Cl2N4O4S/c1-18-22(14-30(39)34-15-20(38)16-37-10-3-4-11-37)19(2)35-29(18)13-24-23-12-21(8-9-28(23)36-31(24)40)42(41)17-25-26(32)6-5-7-27(25)33/h5-9,12-13,20,35,38H,3-4,10-11,14-17H2,1-2H3,(H,34,39)(H,36,40). The number of β-amino-alcohol motifs (C(OH)–C–C–N with tert-alkyl or cyclic N) is 1. The van der Waals surface area contributed by atoms with E-state index in [1.165, 1.54) is 0 Å². The summed E-state index contributed by atoms with van der Waals surface area (Å²) in [6, 6.07) is 10.4. The topological polar surface area (TPSA) is 115 Å². The number of halogens is 2. The molecule has 0 radical (unpaired) electrons. The first kappa shape index (κ1) is 30.5. The van der Waals surface area contributed by atoms with Gasteiger partial charge in [-0.25, -0.2) is 0 Å². The van der Waals surface area contributed by atoms with Crippen molar-refractivity contribution in [1.29, 1.82) is 0 Å². The third kappa shape index (κ3) is 6.82. The fraction of sp³-hybridized carbons (Fsp3) is 0.355. The number of nitrogens with one attached hydrogen (secondary N) is 3. The Bertz CT molecular complexity index is 1560. The molecule has 4 N–H and O–H groups in total. The largest absolute Gasteiger partial charge is 0.390 e. The van der Waals surface area contributed by atoms with Gasteiger partial charge < -0.3 is 25.6 Å². The summed E-state index contributed by atoms with van der Waals surface area (Å²) in [4.78, 5) is 31.8. The number of fused-ring (bicyclic) bond motifs is 1. The number of anilines is 1. The van der Waals surface area contributed by atoms with Gasteiger partial charge in [-0.05, 0) is 87.3 Å². The molecule has 2 aliphatic rings. The van der Waals surface area contributed by atoms with Gasteiger partial charge in [0.2, 0.25) is 5.91 Å². The zero-order chi connectivity index (χ0) is 30.0. The van der Waals surface area contributed by atoms with Gasteiger partial charge in [0.05, 0.1) is 34.7 Å². The van der Waals surface area contributed by atoms with Gasteiger partial charge in [-0.3, -0.25) is 13.8 Å². The van der Waals surface area contributed by atoms with E-state index in [2.05, 4.69) is 20.5 Å². The molecule has 2 aliphatic heterocycles. The van der Waals surface area contributed by atoms with Crippen LogP contribution >= 0.6 is 23.2 Å². The van der Waals surface area contributed by atoms with E-state index in [0.29, 0.717) is 43.9 Å². The van der Waals surface area contributed by atoms with Crippen molar-refractivity contribution in [2.45, 2.75) is 49.9 Å². The first-order chi connectivity index (χ1) is 20.1. The van der Waals surface area contributed by atoms with Crippen molar-refractivity contribution in [3.05, 3.63) is 80.1 Å². The lowest BCUT2D eigenvalue weighted by molar-refractivity contribution is -0.121. The van der Waals surface area contributed by atoms with Gasteiger partial charge in [-0.2, -0.15) is 0 Å². The summed E-state index contributed by atoms with van der Waals surface area (Å²) in [5, 5.41) is 16.9. The monoisotopic (exact) mass is 628 g/mol. The lowest BCUT2D eigenvalue weighted by atomic mass is 10.0. The maximum absolute atomic E-state index is 13.3. The first-order valence-corrected chi connectivity index (χ1v) is 16.0. The number of hydrogen-bond acceptors (Lipinski definition) is 5. The lowest BCUT2D eigenvalue weighted by Gasteiger charge is -2.19. The number of carbonyl (C=O) groups excluding carboxylic acids is 2. The molecule has 0 spiro atoms. The zero-order valence-corrected chi connectivity index (χ0v) is 25.9. The molecule has 11 heteroatoms. The molecule has 5 rings (SSSR count). The number of aliphatic hydroxyl groups is 1. The van der Waals surface area contributed by atoms with E-state index >= 15 is 0 Å². The van der Waals surface area contributed by atoms with Crippen molar-refractivity contribution in [2.24, 2.45) is 0 Å². The van der Waals surface area contributed by atoms with E-state index in [1.807, 2.05) is 13.8 Å². The molecule has 42 heavy (non-hydrogen) atoms. The molecule has 2 amide bonds. The fourth-order valence-electron chi connectivity index (χ4n) is 5.49. The number of likely N-dealkylation sites (tertiary alicyclic amines) is 1. The Kier molecular flexibility index (Phi) is 9.54. The Morgan fingerprint density at radius 1 is 1.14 bits per heavy atom. The Morgan fingerprint density at radius 3 is 2.57 bits per heavy atom. The average molecular weight is 630 g/mol. The maximum atomic E-state index is 13.3. The minimum Gasteiger partial charge on any atom is -0.390 e. The number of rotatable bonds is 10. The number of H-pyrrole nitrogens is 1. The molecule has 3 heterocycles. The van der Waals surface area contributed by atoms with Crippen LogP contribution < -0.4 is 10.6 Å². The first-order valence-electron chi connectivity index (χ1n) is 13.9. The Labute approximate surface area is 257 Å². The number of aromatic nitrogens is 1. The van der Waals surface area contributed by atoms with Gasteiger partial charge in [-0.1, -0.05) is 29.3 Å². The Balaban J connectivity index is 1.30. The summed E-state index contributed by atoms with van der Waals surface area (Å²) in [6.45, 7) is 6.55. The van der Waals surface area contributed by atoms with Crippen LogP contribution in [-0.2, 0) is 32.6 Å². The number of aryl methyl sites for hydroxylation is 1. The Hall–Kier alpha value is -2.95. The van der Waals surface area contributed by atoms with Gasteiger partial charge in [0.15, 0.2) is 0 Å². The number of aliphatic hydroxyl groups excluding tert-OH is 1. The molecule has 222 valence electrons. The molecule has 0 aliphatic carbocycles. The molecule has 2 atom stereocenters. The minimum atomic E-state index is -1.45. The van der Waals surface area contributed by atoms with Crippen molar-refractivity contribution >= 4 is 63.2 Å². The highest BCUT2D eigenvalue weighted by Gasteiger charge is 2.27. The van der Waals surface area contributed by atoms with E-state index in [0.717, 1.165) is 48.4 Å². The van der Waals surface area contributed by atoms with Crippen molar-refractivity contribution in [3.8, 4) is 0 Å². The summed E-state index contributed by atoms with van der Waals surface area (Å²) in [5.74, 6) is -0.289. The fourth-order valence-corrected chi connectivity index (χ4v) is 7.39. The number of nitrogens with zero attached hydrogens (tertiary/aromatic N) is 1. The van der Waals surface area contributed by atoms with Crippen LogP contribution in [0.3, 0.4) is 0 Å². The van der Waals surface area contributed by atoms with Crippen LogP contribution in [0.15, 0.2) is 41.3 Å². The smallest absolute Gasteiger partial charge is 0.256 e. The molecule has 2 aromatic carbocycles. The summed E-state index contributed by atoms with van der Waals surface area (Å²) in [6.07, 6.45) is 3.61. The molecule has 0 bridgehead atoms. The minimum absolute atomic E-state index is 0.146. The van der Waals surface area contributed by atoms with Gasteiger partial charge in [0, 0.05) is 56.2 Å². The van der Waals surface area contributed by atoms with Crippen molar-refractivity contribution in [3.63, 3.8) is 0 Å². The predicted octanol–water partition coefficient (Wildman–Crippen LogP) is 4.85. The molecule has 1 aromatic heterocycles. The van der Waals surface area contributed by atoms with Crippen LogP contribution in [0.25, 0.3) is 11.6 Å². The van der Waals surface area contributed by atoms with Gasteiger partial charge in [0.1, 0.15) is 0 Å². The molecule has 0 saturated carbocycles. The SMILES string of the molecule is Cc1[nH]c(C=C2C(=O)Nc3ccc(S(=O)Cc4c(Cl)cccc4Cl)cc32)c(C)c1CC(=O)NCC(O)CN1CCCC1. The summed E-state index contributed by atoms with van der Waals surface area (Å²) in [5.41, 5.74) is 5.59. The number of aromatic amines is 1. The van der Waals surface area contributed by atoms with Crippen molar-refractivity contribution in [1.82, 2.24) is 15.2 Å². The molecular formula is C31H34Cl2N4O4S.